The number of carbonyl (C=O) groups excluding carboxylic acids is 1. The molecule has 6 heteroatoms. The van der Waals surface area contributed by atoms with E-state index in [1.54, 1.807) is 24.3 Å². The Labute approximate surface area is 157 Å². The van der Waals surface area contributed by atoms with Gasteiger partial charge in [0.2, 0.25) is 5.91 Å². The third-order valence-electron chi connectivity index (χ3n) is 4.62. The summed E-state index contributed by atoms with van der Waals surface area (Å²) >= 11 is 0. The maximum absolute atomic E-state index is 13.0. The SMILES string of the molecule is O=C(O)CCCOc1ccc(CNC(=O)C2CC2c2ccc(F)cc2)cc1. The van der Waals surface area contributed by atoms with E-state index in [4.69, 9.17) is 9.84 Å². The zero-order valence-corrected chi connectivity index (χ0v) is 14.9. The van der Waals surface area contributed by atoms with Gasteiger partial charge in [-0.2, -0.15) is 0 Å². The summed E-state index contributed by atoms with van der Waals surface area (Å²) in [4.78, 5) is 22.7. The van der Waals surface area contributed by atoms with Gasteiger partial charge in [0.25, 0.3) is 0 Å². The largest absolute Gasteiger partial charge is 0.494 e. The molecule has 1 fully saturated rings. The van der Waals surface area contributed by atoms with Crippen molar-refractivity contribution >= 4 is 11.9 Å². The number of amides is 1. The molecule has 1 aliphatic rings. The van der Waals surface area contributed by atoms with Crippen LogP contribution in [-0.2, 0) is 16.1 Å². The highest BCUT2D eigenvalue weighted by molar-refractivity contribution is 5.82. The van der Waals surface area contributed by atoms with E-state index in [0.717, 1.165) is 17.5 Å². The summed E-state index contributed by atoms with van der Waals surface area (Å²) in [7, 11) is 0. The molecule has 1 amide bonds. The van der Waals surface area contributed by atoms with Crippen LogP contribution in [0.25, 0.3) is 0 Å². The Morgan fingerprint density at radius 1 is 1.11 bits per heavy atom. The Hall–Kier alpha value is -2.89. The maximum atomic E-state index is 13.0. The molecule has 0 saturated heterocycles. The van der Waals surface area contributed by atoms with Gasteiger partial charge in [0.05, 0.1) is 6.61 Å². The lowest BCUT2D eigenvalue weighted by Gasteiger charge is -2.08. The second-order valence-corrected chi connectivity index (χ2v) is 6.71. The highest BCUT2D eigenvalue weighted by Crippen LogP contribution is 2.47. The normalized spacial score (nSPS) is 18.0. The van der Waals surface area contributed by atoms with E-state index in [1.165, 1.54) is 12.1 Å². The van der Waals surface area contributed by atoms with E-state index >= 15 is 0 Å². The summed E-state index contributed by atoms with van der Waals surface area (Å²) in [6.45, 7) is 0.791. The van der Waals surface area contributed by atoms with Gasteiger partial charge in [-0.25, -0.2) is 4.39 Å². The zero-order valence-electron chi connectivity index (χ0n) is 14.9. The average Bonchev–Trinajstić information content (AvgIpc) is 3.45. The van der Waals surface area contributed by atoms with Crippen LogP contribution in [-0.4, -0.2) is 23.6 Å². The number of ether oxygens (including phenoxy) is 1. The number of halogens is 1. The number of aliphatic carboxylic acids is 1. The van der Waals surface area contributed by atoms with Crippen molar-refractivity contribution in [2.24, 2.45) is 5.92 Å². The molecular formula is C21H22FNO4. The molecule has 0 aromatic heterocycles. The van der Waals surface area contributed by atoms with Crippen molar-refractivity contribution in [1.82, 2.24) is 5.32 Å². The Morgan fingerprint density at radius 2 is 1.81 bits per heavy atom. The molecule has 27 heavy (non-hydrogen) atoms. The predicted molar refractivity (Wildman–Crippen MR) is 97.9 cm³/mol. The molecule has 0 radical (unpaired) electrons. The van der Waals surface area contributed by atoms with E-state index in [1.807, 2.05) is 12.1 Å². The Kier molecular flexibility index (Phi) is 6.06. The minimum atomic E-state index is -0.831. The van der Waals surface area contributed by atoms with Crippen LogP contribution in [0.4, 0.5) is 4.39 Å². The molecular weight excluding hydrogens is 349 g/mol. The van der Waals surface area contributed by atoms with Crippen molar-refractivity contribution in [2.45, 2.75) is 31.7 Å². The second kappa shape index (κ2) is 8.66. The first kappa shape index (κ1) is 18.9. The van der Waals surface area contributed by atoms with Crippen molar-refractivity contribution < 1.29 is 23.8 Å². The number of benzene rings is 2. The molecule has 0 heterocycles. The van der Waals surface area contributed by atoms with Crippen molar-refractivity contribution in [3.63, 3.8) is 0 Å². The lowest BCUT2D eigenvalue weighted by molar-refractivity contribution is -0.137. The fourth-order valence-electron chi connectivity index (χ4n) is 3.00. The van der Waals surface area contributed by atoms with Gasteiger partial charge >= 0.3 is 5.97 Å². The summed E-state index contributed by atoms with van der Waals surface area (Å²) in [5.74, 6) is -0.288. The fraction of sp³-hybridized carbons (Fsp3) is 0.333. The monoisotopic (exact) mass is 371 g/mol. The standard InChI is InChI=1S/C21H22FNO4/c22-16-7-5-15(6-8-16)18-12-19(18)21(26)23-13-14-3-9-17(10-4-14)27-11-1-2-20(24)25/h3-10,18-19H,1-2,11-13H2,(H,23,26)(H,24,25). The van der Waals surface area contributed by atoms with E-state index < -0.39 is 5.97 Å². The number of hydrogen-bond acceptors (Lipinski definition) is 3. The van der Waals surface area contributed by atoms with Gasteiger partial charge in [0, 0.05) is 18.9 Å². The van der Waals surface area contributed by atoms with Gasteiger partial charge in [-0.15, -0.1) is 0 Å². The van der Waals surface area contributed by atoms with Crippen LogP contribution < -0.4 is 10.1 Å². The lowest BCUT2D eigenvalue weighted by atomic mass is 10.1. The highest BCUT2D eigenvalue weighted by Gasteiger charge is 2.43. The lowest BCUT2D eigenvalue weighted by Crippen LogP contribution is -2.24. The first-order valence-corrected chi connectivity index (χ1v) is 8.99. The van der Waals surface area contributed by atoms with Crippen LogP contribution in [0.1, 0.15) is 36.3 Å². The number of carboxylic acid groups (broad SMARTS) is 1. The van der Waals surface area contributed by atoms with Crippen LogP contribution in [0.2, 0.25) is 0 Å². The molecule has 0 aliphatic heterocycles. The van der Waals surface area contributed by atoms with Gasteiger partial charge in [0.15, 0.2) is 0 Å². The van der Waals surface area contributed by atoms with Crippen LogP contribution in [0.3, 0.4) is 0 Å². The molecule has 2 unspecified atom stereocenters. The van der Waals surface area contributed by atoms with Crippen LogP contribution in [0, 0.1) is 11.7 Å². The van der Waals surface area contributed by atoms with Gasteiger partial charge < -0.3 is 15.2 Å². The van der Waals surface area contributed by atoms with Crippen molar-refractivity contribution in [3.05, 3.63) is 65.5 Å². The summed E-state index contributed by atoms with van der Waals surface area (Å²) in [5.41, 5.74) is 1.96. The first-order valence-electron chi connectivity index (χ1n) is 8.99. The van der Waals surface area contributed by atoms with Gasteiger partial charge in [-0.05, 0) is 54.2 Å². The number of rotatable bonds is 9. The molecule has 1 aliphatic carbocycles. The Bertz CT molecular complexity index is 789. The zero-order chi connectivity index (χ0) is 19.2. The van der Waals surface area contributed by atoms with Gasteiger partial charge in [-0.3, -0.25) is 9.59 Å². The van der Waals surface area contributed by atoms with Crippen LogP contribution in [0.5, 0.6) is 5.75 Å². The number of carboxylic acids is 1. The fourth-order valence-corrected chi connectivity index (χ4v) is 3.00. The van der Waals surface area contributed by atoms with E-state index in [9.17, 15) is 14.0 Å². The van der Waals surface area contributed by atoms with Crippen molar-refractivity contribution in [1.29, 1.82) is 0 Å². The summed E-state index contributed by atoms with van der Waals surface area (Å²) in [5, 5.41) is 11.5. The molecule has 3 rings (SSSR count). The molecule has 2 N–H and O–H groups in total. The molecule has 1 saturated carbocycles. The second-order valence-electron chi connectivity index (χ2n) is 6.71. The van der Waals surface area contributed by atoms with Gasteiger partial charge in [-0.1, -0.05) is 24.3 Å². The average molecular weight is 371 g/mol. The predicted octanol–water partition coefficient (Wildman–Crippen LogP) is 3.49. The minimum Gasteiger partial charge on any atom is -0.494 e. The number of nitrogens with one attached hydrogen (secondary N) is 1. The van der Waals surface area contributed by atoms with Crippen molar-refractivity contribution in [2.75, 3.05) is 6.61 Å². The summed E-state index contributed by atoms with van der Waals surface area (Å²) < 4.78 is 18.4. The van der Waals surface area contributed by atoms with E-state index in [-0.39, 0.29) is 30.0 Å². The quantitative estimate of drug-likeness (QED) is 0.662. The smallest absolute Gasteiger partial charge is 0.303 e. The third-order valence-corrected chi connectivity index (χ3v) is 4.62. The molecule has 5 nitrogen and oxygen atoms in total. The van der Waals surface area contributed by atoms with E-state index in [0.29, 0.717) is 25.3 Å². The molecule has 0 spiro atoms. The summed E-state index contributed by atoms with van der Waals surface area (Å²) in [6, 6.07) is 13.7. The minimum absolute atomic E-state index is 0.0123. The molecule has 2 aromatic carbocycles. The molecule has 0 bridgehead atoms. The number of hydrogen-bond donors (Lipinski definition) is 2. The molecule has 2 atom stereocenters. The van der Waals surface area contributed by atoms with Crippen LogP contribution in [0.15, 0.2) is 48.5 Å². The first-order chi connectivity index (χ1) is 13.0. The molecule has 2 aromatic rings. The van der Waals surface area contributed by atoms with Crippen LogP contribution >= 0.6 is 0 Å². The Morgan fingerprint density at radius 3 is 2.48 bits per heavy atom. The van der Waals surface area contributed by atoms with Crippen molar-refractivity contribution in [3.8, 4) is 5.75 Å². The van der Waals surface area contributed by atoms with Gasteiger partial charge in [0.1, 0.15) is 11.6 Å². The highest BCUT2D eigenvalue weighted by atomic mass is 19.1. The topological polar surface area (TPSA) is 75.6 Å². The number of carbonyl (C=O) groups is 2. The maximum Gasteiger partial charge on any atom is 0.303 e. The molecule has 142 valence electrons. The summed E-state index contributed by atoms with van der Waals surface area (Å²) in [6.07, 6.45) is 1.34. The van der Waals surface area contributed by atoms with E-state index in [2.05, 4.69) is 5.32 Å². The Balaban J connectivity index is 1.40. The third kappa shape index (κ3) is 5.54.